The van der Waals surface area contributed by atoms with Gasteiger partial charge in [0.2, 0.25) is 0 Å². The van der Waals surface area contributed by atoms with Crippen molar-refractivity contribution in [3.8, 4) is 0 Å². The summed E-state index contributed by atoms with van der Waals surface area (Å²) in [6, 6.07) is 6.88. The van der Waals surface area contributed by atoms with Crippen LogP contribution in [0.2, 0.25) is 5.32 Å². The number of para-hydroxylation sites is 1. The molecule has 0 heterocycles. The summed E-state index contributed by atoms with van der Waals surface area (Å²) in [4.78, 5) is 10.5. The number of nitro benzene ring substituents is 1. The molecule has 1 aromatic carbocycles. The Morgan fingerprint density at radius 1 is 1.44 bits per heavy atom. The molecule has 0 aromatic heterocycles. The van der Waals surface area contributed by atoms with E-state index in [-0.39, 0.29) is 37.6 Å². The predicted molar refractivity (Wildman–Crippen MR) is 73.4 cm³/mol. The van der Waals surface area contributed by atoms with E-state index in [2.05, 4.69) is 0 Å². The van der Waals surface area contributed by atoms with Gasteiger partial charge in [-0.2, -0.15) is 0 Å². The van der Waals surface area contributed by atoms with Gasteiger partial charge in [-0.3, -0.25) is 0 Å². The molecule has 0 spiro atoms. The maximum absolute atomic E-state index is 10.9. The SMILES string of the molecule is CCC[C@@H](O)[C@H](C)C[Se]c1ccccc1[N+](=O)[O-]. The average molecular weight is 316 g/mol. The van der Waals surface area contributed by atoms with Crippen LogP contribution in [0.15, 0.2) is 24.3 Å². The van der Waals surface area contributed by atoms with Crippen molar-refractivity contribution in [2.24, 2.45) is 5.92 Å². The molecule has 0 amide bonds. The van der Waals surface area contributed by atoms with Crippen LogP contribution in [0.1, 0.15) is 26.7 Å². The monoisotopic (exact) mass is 317 g/mol. The molecule has 1 aromatic rings. The van der Waals surface area contributed by atoms with Gasteiger partial charge in [0, 0.05) is 0 Å². The topological polar surface area (TPSA) is 63.4 Å². The molecule has 0 bridgehead atoms. The van der Waals surface area contributed by atoms with Crippen molar-refractivity contribution >= 4 is 25.1 Å². The maximum atomic E-state index is 10.9. The number of rotatable bonds is 7. The van der Waals surface area contributed by atoms with Crippen LogP contribution in [-0.2, 0) is 0 Å². The standard InChI is InChI=1S/C13H19NO3Se/c1-3-6-12(15)10(2)9-18-13-8-5-4-7-11(13)14(16)17/h4-5,7-8,10,12,15H,3,6,9H2,1-2H3/t10-,12-/m1/s1. The van der Waals surface area contributed by atoms with E-state index in [4.69, 9.17) is 0 Å². The fourth-order valence-electron chi connectivity index (χ4n) is 1.64. The summed E-state index contributed by atoms with van der Waals surface area (Å²) < 4.78 is 0.811. The first-order valence-electron chi connectivity index (χ1n) is 6.10. The minimum absolute atomic E-state index is 0.0395. The van der Waals surface area contributed by atoms with E-state index in [9.17, 15) is 15.2 Å². The molecule has 0 fully saturated rings. The van der Waals surface area contributed by atoms with Gasteiger partial charge in [0.05, 0.1) is 0 Å². The van der Waals surface area contributed by atoms with Crippen molar-refractivity contribution < 1.29 is 10.0 Å². The third-order valence-electron chi connectivity index (χ3n) is 2.80. The fourth-order valence-corrected chi connectivity index (χ4v) is 4.01. The van der Waals surface area contributed by atoms with E-state index in [1.807, 2.05) is 26.0 Å². The Morgan fingerprint density at radius 3 is 2.72 bits per heavy atom. The molecular formula is C13H19NO3Se. The van der Waals surface area contributed by atoms with E-state index in [1.165, 1.54) is 0 Å². The fraction of sp³-hybridized carbons (Fsp3) is 0.538. The van der Waals surface area contributed by atoms with Gasteiger partial charge in [-0.1, -0.05) is 0 Å². The third-order valence-corrected chi connectivity index (χ3v) is 5.63. The number of aliphatic hydroxyl groups excluding tert-OH is 1. The molecule has 4 nitrogen and oxygen atoms in total. The Labute approximate surface area is 114 Å². The first kappa shape index (κ1) is 15.2. The predicted octanol–water partition coefficient (Wildman–Crippen LogP) is 2.14. The van der Waals surface area contributed by atoms with Crippen molar-refractivity contribution in [1.29, 1.82) is 0 Å². The Kier molecular flexibility index (Phi) is 6.33. The molecule has 0 aliphatic rings. The zero-order valence-electron chi connectivity index (χ0n) is 10.7. The number of hydrogen-bond acceptors (Lipinski definition) is 3. The second-order valence-electron chi connectivity index (χ2n) is 4.37. The third kappa shape index (κ3) is 4.41. The molecule has 0 saturated carbocycles. The summed E-state index contributed by atoms with van der Waals surface area (Å²) in [5.41, 5.74) is 0.203. The molecule has 100 valence electrons. The van der Waals surface area contributed by atoms with Crippen LogP contribution in [0.3, 0.4) is 0 Å². The van der Waals surface area contributed by atoms with E-state index in [1.54, 1.807) is 12.1 Å². The number of nitro groups is 1. The van der Waals surface area contributed by atoms with Gasteiger partial charge in [0.1, 0.15) is 0 Å². The Hall–Kier alpha value is -0.901. The Morgan fingerprint density at radius 2 is 2.11 bits per heavy atom. The molecule has 18 heavy (non-hydrogen) atoms. The van der Waals surface area contributed by atoms with Crippen molar-refractivity contribution in [2.75, 3.05) is 0 Å². The van der Waals surface area contributed by atoms with Crippen LogP contribution in [0.25, 0.3) is 0 Å². The molecule has 2 atom stereocenters. The zero-order valence-corrected chi connectivity index (χ0v) is 12.4. The van der Waals surface area contributed by atoms with Gasteiger partial charge < -0.3 is 0 Å². The number of benzene rings is 1. The molecule has 0 saturated heterocycles. The van der Waals surface area contributed by atoms with Crippen LogP contribution in [-0.4, -0.2) is 31.1 Å². The zero-order chi connectivity index (χ0) is 13.5. The van der Waals surface area contributed by atoms with Crippen LogP contribution in [0.4, 0.5) is 5.69 Å². The molecule has 0 aliphatic heterocycles. The molecule has 5 heteroatoms. The Bertz CT molecular complexity index is 398. The molecule has 0 aliphatic carbocycles. The van der Waals surface area contributed by atoms with E-state index in [0.717, 1.165) is 22.6 Å². The molecule has 1 N–H and O–H groups in total. The summed E-state index contributed by atoms with van der Waals surface area (Å²) in [6.07, 6.45) is 1.47. The minimum atomic E-state index is -0.329. The van der Waals surface area contributed by atoms with Crippen molar-refractivity contribution in [3.63, 3.8) is 0 Å². The quantitative estimate of drug-likeness (QED) is 0.476. The van der Waals surface area contributed by atoms with Gasteiger partial charge in [-0.05, 0) is 0 Å². The van der Waals surface area contributed by atoms with Crippen molar-refractivity contribution in [3.05, 3.63) is 34.4 Å². The molecular weight excluding hydrogens is 297 g/mol. The van der Waals surface area contributed by atoms with Crippen LogP contribution < -0.4 is 4.46 Å². The Balaban J connectivity index is 2.60. The van der Waals surface area contributed by atoms with Crippen LogP contribution in [0.5, 0.6) is 0 Å². The summed E-state index contributed by atoms with van der Waals surface area (Å²) in [5, 5.41) is 21.6. The van der Waals surface area contributed by atoms with Gasteiger partial charge in [0.25, 0.3) is 0 Å². The number of hydrogen-bond donors (Lipinski definition) is 1. The van der Waals surface area contributed by atoms with Crippen LogP contribution in [0, 0.1) is 16.0 Å². The van der Waals surface area contributed by atoms with E-state index < -0.39 is 0 Å². The summed E-state index contributed by atoms with van der Waals surface area (Å²) in [6.45, 7) is 4.06. The van der Waals surface area contributed by atoms with Crippen LogP contribution >= 0.6 is 0 Å². The summed E-state index contributed by atoms with van der Waals surface area (Å²) >= 11 is 0.0395. The van der Waals surface area contributed by atoms with Crippen molar-refractivity contribution in [2.45, 2.75) is 38.1 Å². The van der Waals surface area contributed by atoms with Gasteiger partial charge in [-0.25, -0.2) is 0 Å². The van der Waals surface area contributed by atoms with Gasteiger partial charge >= 0.3 is 114 Å². The van der Waals surface area contributed by atoms with Gasteiger partial charge in [0.15, 0.2) is 0 Å². The number of nitrogens with zero attached hydrogens (tertiary/aromatic N) is 1. The first-order valence-corrected chi connectivity index (χ1v) is 8.17. The molecule has 0 unspecified atom stereocenters. The normalized spacial score (nSPS) is 14.2. The van der Waals surface area contributed by atoms with Gasteiger partial charge in [-0.15, -0.1) is 0 Å². The first-order chi connectivity index (χ1) is 8.56. The second-order valence-corrected chi connectivity index (χ2v) is 6.60. The van der Waals surface area contributed by atoms with E-state index in [0.29, 0.717) is 0 Å². The molecule has 0 radical (unpaired) electrons. The summed E-state index contributed by atoms with van der Waals surface area (Å²) in [5.74, 6) is 0.199. The van der Waals surface area contributed by atoms with E-state index >= 15 is 0 Å². The average Bonchev–Trinajstić information content (AvgIpc) is 2.36. The second kappa shape index (κ2) is 7.52. The summed E-state index contributed by atoms with van der Waals surface area (Å²) in [7, 11) is 0. The van der Waals surface area contributed by atoms with Crippen molar-refractivity contribution in [1.82, 2.24) is 0 Å². The number of aliphatic hydroxyl groups is 1. The molecule has 1 rings (SSSR count).